The maximum absolute atomic E-state index is 5.62. The summed E-state index contributed by atoms with van der Waals surface area (Å²) in [5.74, 6) is 2.12. The Morgan fingerprint density at radius 3 is 2.61 bits per heavy atom. The van der Waals surface area contributed by atoms with Crippen LogP contribution < -0.4 is 5.32 Å². The predicted octanol–water partition coefficient (Wildman–Crippen LogP) is 2.12. The van der Waals surface area contributed by atoms with Crippen LogP contribution >= 0.6 is 0 Å². The van der Waals surface area contributed by atoms with E-state index in [1.807, 2.05) is 0 Å². The number of nitrogens with one attached hydrogen (secondary N) is 1. The van der Waals surface area contributed by atoms with E-state index in [0.717, 1.165) is 44.2 Å². The van der Waals surface area contributed by atoms with Gasteiger partial charge in [0.2, 0.25) is 0 Å². The quantitative estimate of drug-likeness (QED) is 0.672. The minimum absolute atomic E-state index is 0.766. The van der Waals surface area contributed by atoms with E-state index >= 15 is 0 Å². The molecular weight excluding hydrogens is 224 g/mol. The SMILES string of the molecule is CN(C)CCOCCNC1CCCC(C2CC2)C1. The van der Waals surface area contributed by atoms with E-state index in [4.69, 9.17) is 4.74 Å². The van der Waals surface area contributed by atoms with E-state index in [0.29, 0.717) is 0 Å². The van der Waals surface area contributed by atoms with E-state index < -0.39 is 0 Å². The van der Waals surface area contributed by atoms with Crippen molar-refractivity contribution in [2.45, 2.75) is 44.6 Å². The third-order valence-corrected chi connectivity index (χ3v) is 4.37. The fourth-order valence-electron chi connectivity index (χ4n) is 3.09. The van der Waals surface area contributed by atoms with Crippen molar-refractivity contribution in [2.75, 3.05) is 40.4 Å². The van der Waals surface area contributed by atoms with Crippen molar-refractivity contribution in [3.05, 3.63) is 0 Å². The summed E-state index contributed by atoms with van der Waals surface area (Å²) in [5.41, 5.74) is 0. The normalized spacial score (nSPS) is 28.8. The van der Waals surface area contributed by atoms with E-state index in [2.05, 4.69) is 24.3 Å². The molecule has 2 unspecified atom stereocenters. The summed E-state index contributed by atoms with van der Waals surface area (Å²) in [4.78, 5) is 2.16. The number of hydrogen-bond acceptors (Lipinski definition) is 3. The molecule has 0 bridgehead atoms. The summed E-state index contributed by atoms with van der Waals surface area (Å²) in [5, 5.41) is 3.68. The van der Waals surface area contributed by atoms with Crippen molar-refractivity contribution >= 4 is 0 Å². The molecule has 0 heterocycles. The molecule has 0 spiro atoms. The van der Waals surface area contributed by atoms with Gasteiger partial charge in [0.15, 0.2) is 0 Å². The molecule has 1 N–H and O–H groups in total. The zero-order valence-electron chi connectivity index (χ0n) is 12.2. The Morgan fingerprint density at radius 1 is 1.06 bits per heavy atom. The van der Waals surface area contributed by atoms with Crippen LogP contribution in [0.2, 0.25) is 0 Å². The van der Waals surface area contributed by atoms with Crippen molar-refractivity contribution < 1.29 is 4.74 Å². The van der Waals surface area contributed by atoms with Crippen LogP contribution in [0.25, 0.3) is 0 Å². The number of hydrogen-bond donors (Lipinski definition) is 1. The largest absolute Gasteiger partial charge is 0.379 e. The van der Waals surface area contributed by atoms with E-state index in [1.54, 1.807) is 0 Å². The number of likely N-dealkylation sites (N-methyl/N-ethyl adjacent to an activating group) is 1. The van der Waals surface area contributed by atoms with Crippen molar-refractivity contribution in [3.8, 4) is 0 Å². The molecule has 0 aromatic rings. The van der Waals surface area contributed by atoms with Gasteiger partial charge in [-0.3, -0.25) is 0 Å². The summed E-state index contributed by atoms with van der Waals surface area (Å²) in [6.07, 6.45) is 8.72. The van der Waals surface area contributed by atoms with Crippen LogP contribution in [-0.4, -0.2) is 51.3 Å². The molecule has 0 aliphatic heterocycles. The highest BCUT2D eigenvalue weighted by atomic mass is 16.5. The van der Waals surface area contributed by atoms with Crippen LogP contribution in [0.1, 0.15) is 38.5 Å². The van der Waals surface area contributed by atoms with E-state index in [1.165, 1.54) is 38.5 Å². The highest BCUT2D eigenvalue weighted by molar-refractivity contribution is 4.87. The van der Waals surface area contributed by atoms with Gasteiger partial charge >= 0.3 is 0 Å². The maximum Gasteiger partial charge on any atom is 0.0593 e. The fraction of sp³-hybridized carbons (Fsp3) is 1.00. The molecule has 0 aromatic heterocycles. The van der Waals surface area contributed by atoms with Crippen LogP contribution in [0.3, 0.4) is 0 Å². The molecule has 2 aliphatic rings. The van der Waals surface area contributed by atoms with Gasteiger partial charge in [-0.1, -0.05) is 12.8 Å². The first kappa shape index (κ1) is 14.3. The zero-order valence-corrected chi connectivity index (χ0v) is 12.2. The lowest BCUT2D eigenvalue weighted by Gasteiger charge is -2.30. The molecule has 2 aliphatic carbocycles. The molecule has 0 aromatic carbocycles. The predicted molar refractivity (Wildman–Crippen MR) is 75.8 cm³/mol. The molecule has 2 saturated carbocycles. The summed E-state index contributed by atoms with van der Waals surface area (Å²) < 4.78 is 5.62. The van der Waals surface area contributed by atoms with Gasteiger partial charge in [-0.05, 0) is 51.6 Å². The Bertz CT molecular complexity index is 229. The maximum atomic E-state index is 5.62. The second kappa shape index (κ2) is 7.46. The first-order chi connectivity index (χ1) is 8.75. The standard InChI is InChI=1S/C15H30N2O/c1-17(2)9-11-18-10-8-16-15-5-3-4-14(12-15)13-6-7-13/h13-16H,3-12H2,1-2H3. The van der Waals surface area contributed by atoms with Gasteiger partial charge in [-0.25, -0.2) is 0 Å². The Kier molecular flexibility index (Phi) is 5.93. The van der Waals surface area contributed by atoms with Crippen LogP contribution in [-0.2, 0) is 4.74 Å². The summed E-state index contributed by atoms with van der Waals surface area (Å²) in [6, 6.07) is 0.766. The van der Waals surface area contributed by atoms with Gasteiger partial charge in [-0.2, -0.15) is 0 Å². The molecule has 3 nitrogen and oxygen atoms in total. The average molecular weight is 254 g/mol. The lowest BCUT2D eigenvalue weighted by atomic mass is 9.83. The molecule has 18 heavy (non-hydrogen) atoms. The first-order valence-corrected chi connectivity index (χ1v) is 7.71. The minimum Gasteiger partial charge on any atom is -0.379 e. The van der Waals surface area contributed by atoms with Crippen molar-refractivity contribution in [1.29, 1.82) is 0 Å². The summed E-state index contributed by atoms with van der Waals surface area (Å²) in [6.45, 7) is 3.76. The number of nitrogens with zero attached hydrogens (tertiary/aromatic N) is 1. The molecule has 2 atom stereocenters. The average Bonchev–Trinajstić information content (AvgIpc) is 3.18. The van der Waals surface area contributed by atoms with E-state index in [9.17, 15) is 0 Å². The zero-order chi connectivity index (χ0) is 12.8. The van der Waals surface area contributed by atoms with Gasteiger partial charge in [0, 0.05) is 19.1 Å². The monoisotopic (exact) mass is 254 g/mol. The third kappa shape index (κ3) is 5.25. The van der Waals surface area contributed by atoms with Crippen LogP contribution in [0.15, 0.2) is 0 Å². The lowest BCUT2D eigenvalue weighted by molar-refractivity contribution is 0.114. The highest BCUT2D eigenvalue weighted by Gasteiger charge is 2.34. The molecule has 0 radical (unpaired) electrons. The van der Waals surface area contributed by atoms with Gasteiger partial charge < -0.3 is 15.0 Å². The lowest BCUT2D eigenvalue weighted by Crippen LogP contribution is -2.36. The second-order valence-electron chi connectivity index (χ2n) is 6.33. The Morgan fingerprint density at radius 2 is 1.89 bits per heavy atom. The Balaban J connectivity index is 1.48. The minimum atomic E-state index is 0.766. The number of ether oxygens (including phenoxy) is 1. The summed E-state index contributed by atoms with van der Waals surface area (Å²) >= 11 is 0. The number of rotatable bonds is 8. The van der Waals surface area contributed by atoms with Crippen LogP contribution in [0.5, 0.6) is 0 Å². The highest BCUT2D eigenvalue weighted by Crippen LogP contribution is 2.43. The molecule has 3 heteroatoms. The molecule has 2 fully saturated rings. The van der Waals surface area contributed by atoms with Crippen molar-refractivity contribution in [3.63, 3.8) is 0 Å². The molecule has 0 amide bonds. The topological polar surface area (TPSA) is 24.5 Å². The molecule has 2 rings (SSSR count). The van der Waals surface area contributed by atoms with E-state index in [-0.39, 0.29) is 0 Å². The molecule has 106 valence electrons. The van der Waals surface area contributed by atoms with Crippen LogP contribution in [0.4, 0.5) is 0 Å². The Labute approximate surface area is 112 Å². The first-order valence-electron chi connectivity index (χ1n) is 7.71. The van der Waals surface area contributed by atoms with Gasteiger partial charge in [-0.15, -0.1) is 0 Å². The van der Waals surface area contributed by atoms with Crippen LogP contribution in [0, 0.1) is 11.8 Å². The Hall–Kier alpha value is -0.120. The van der Waals surface area contributed by atoms with Crippen molar-refractivity contribution in [2.24, 2.45) is 11.8 Å². The second-order valence-corrected chi connectivity index (χ2v) is 6.33. The molecular formula is C15H30N2O. The third-order valence-electron chi connectivity index (χ3n) is 4.37. The van der Waals surface area contributed by atoms with Gasteiger partial charge in [0.1, 0.15) is 0 Å². The molecule has 0 saturated heterocycles. The van der Waals surface area contributed by atoms with Crippen molar-refractivity contribution in [1.82, 2.24) is 10.2 Å². The van der Waals surface area contributed by atoms with Gasteiger partial charge in [0.05, 0.1) is 13.2 Å². The summed E-state index contributed by atoms with van der Waals surface area (Å²) in [7, 11) is 4.17. The fourth-order valence-corrected chi connectivity index (χ4v) is 3.09. The van der Waals surface area contributed by atoms with Gasteiger partial charge in [0.25, 0.3) is 0 Å². The smallest absolute Gasteiger partial charge is 0.0593 e.